The third kappa shape index (κ3) is 13.8. The summed E-state index contributed by atoms with van der Waals surface area (Å²) in [6.07, 6.45) is 18.6. The lowest BCUT2D eigenvalue weighted by atomic mass is 9.94. The maximum absolute atomic E-state index is 12.4. The highest BCUT2D eigenvalue weighted by atomic mass is 16.5. The Balaban J connectivity index is 2.34. The summed E-state index contributed by atoms with van der Waals surface area (Å²) in [5, 5.41) is 0. The number of ether oxygens (including phenoxy) is 1. The summed E-state index contributed by atoms with van der Waals surface area (Å²) in [5.74, 6) is 0.227. The van der Waals surface area contributed by atoms with Gasteiger partial charge in [0.15, 0.2) is 0 Å². The van der Waals surface area contributed by atoms with Gasteiger partial charge in [0.2, 0.25) is 0 Å². The van der Waals surface area contributed by atoms with Gasteiger partial charge in [-0.2, -0.15) is 0 Å². The topological polar surface area (TPSA) is 52.3 Å². The van der Waals surface area contributed by atoms with Crippen LogP contribution in [0.15, 0.2) is 30.3 Å². The molecule has 1 atom stereocenters. The van der Waals surface area contributed by atoms with Crippen molar-refractivity contribution in [3.63, 3.8) is 0 Å². The SMILES string of the molecule is CCCCCCCCC(CCCCCCCC)COC(=O)[C@@H](N)Cc1ccccc1. The average Bonchev–Trinajstić information content (AvgIpc) is 2.76. The van der Waals surface area contributed by atoms with Gasteiger partial charge in [0, 0.05) is 0 Å². The van der Waals surface area contributed by atoms with Gasteiger partial charge in [0.1, 0.15) is 6.04 Å². The second-order valence-corrected chi connectivity index (χ2v) is 8.91. The van der Waals surface area contributed by atoms with Crippen molar-refractivity contribution in [1.29, 1.82) is 0 Å². The van der Waals surface area contributed by atoms with E-state index in [2.05, 4.69) is 13.8 Å². The van der Waals surface area contributed by atoms with Crippen molar-refractivity contribution in [3.05, 3.63) is 35.9 Å². The van der Waals surface area contributed by atoms with E-state index in [9.17, 15) is 4.79 Å². The fraction of sp³-hybridized carbons (Fsp3) is 0.741. The molecule has 0 saturated heterocycles. The van der Waals surface area contributed by atoms with Crippen LogP contribution in [0.5, 0.6) is 0 Å². The molecule has 3 heteroatoms. The lowest BCUT2D eigenvalue weighted by Gasteiger charge is -2.19. The molecule has 1 aromatic carbocycles. The van der Waals surface area contributed by atoms with Crippen molar-refractivity contribution in [2.24, 2.45) is 11.7 Å². The van der Waals surface area contributed by atoms with Crippen molar-refractivity contribution in [2.75, 3.05) is 6.61 Å². The highest BCUT2D eigenvalue weighted by Gasteiger charge is 2.18. The minimum absolute atomic E-state index is 0.255. The maximum Gasteiger partial charge on any atom is 0.323 e. The van der Waals surface area contributed by atoms with Crippen molar-refractivity contribution in [3.8, 4) is 0 Å². The van der Waals surface area contributed by atoms with Gasteiger partial charge in [-0.1, -0.05) is 121 Å². The molecule has 172 valence electrons. The molecule has 1 rings (SSSR count). The zero-order valence-electron chi connectivity index (χ0n) is 19.7. The molecule has 0 unspecified atom stereocenters. The number of benzene rings is 1. The van der Waals surface area contributed by atoms with E-state index in [1.54, 1.807) is 0 Å². The van der Waals surface area contributed by atoms with E-state index in [0.717, 1.165) is 5.56 Å². The molecule has 0 saturated carbocycles. The lowest BCUT2D eigenvalue weighted by molar-refractivity contribution is -0.146. The van der Waals surface area contributed by atoms with E-state index < -0.39 is 6.04 Å². The van der Waals surface area contributed by atoms with Crippen LogP contribution in [-0.2, 0) is 16.0 Å². The summed E-state index contributed by atoms with van der Waals surface area (Å²) < 4.78 is 5.67. The maximum atomic E-state index is 12.4. The van der Waals surface area contributed by atoms with E-state index in [0.29, 0.717) is 18.9 Å². The van der Waals surface area contributed by atoms with Crippen LogP contribution in [-0.4, -0.2) is 18.6 Å². The summed E-state index contributed by atoms with van der Waals surface area (Å²) in [6, 6.07) is 9.37. The Morgan fingerprint density at radius 2 is 1.30 bits per heavy atom. The molecule has 0 spiro atoms. The zero-order valence-corrected chi connectivity index (χ0v) is 19.7. The number of hydrogen-bond acceptors (Lipinski definition) is 3. The third-order valence-corrected chi connectivity index (χ3v) is 5.99. The number of carbonyl (C=O) groups excluding carboxylic acids is 1. The predicted molar refractivity (Wildman–Crippen MR) is 129 cm³/mol. The summed E-state index contributed by atoms with van der Waals surface area (Å²) in [4.78, 5) is 12.4. The van der Waals surface area contributed by atoms with Gasteiger partial charge in [-0.05, 0) is 30.7 Å². The van der Waals surface area contributed by atoms with Crippen molar-refractivity contribution >= 4 is 5.97 Å². The smallest absolute Gasteiger partial charge is 0.323 e. The van der Waals surface area contributed by atoms with Crippen LogP contribution in [0.2, 0.25) is 0 Å². The van der Waals surface area contributed by atoms with E-state index in [-0.39, 0.29) is 5.97 Å². The quantitative estimate of drug-likeness (QED) is 0.191. The average molecular weight is 418 g/mol. The Bertz CT molecular complexity index is 501. The number of hydrogen-bond donors (Lipinski definition) is 1. The molecule has 1 aromatic rings. The molecule has 0 aliphatic rings. The fourth-order valence-electron chi connectivity index (χ4n) is 4.00. The Labute approximate surface area is 186 Å². The Hall–Kier alpha value is -1.35. The summed E-state index contributed by atoms with van der Waals surface area (Å²) >= 11 is 0. The van der Waals surface area contributed by atoms with Gasteiger partial charge in [0.05, 0.1) is 6.61 Å². The summed E-state index contributed by atoms with van der Waals surface area (Å²) in [5.41, 5.74) is 7.18. The monoisotopic (exact) mass is 417 g/mol. The Kier molecular flexibility index (Phi) is 16.4. The molecular formula is C27H47NO2. The predicted octanol–water partition coefficient (Wildman–Crippen LogP) is 7.22. The molecular weight excluding hydrogens is 370 g/mol. The van der Waals surface area contributed by atoms with Gasteiger partial charge in [-0.25, -0.2) is 0 Å². The van der Waals surface area contributed by atoms with Crippen LogP contribution in [0.1, 0.15) is 109 Å². The van der Waals surface area contributed by atoms with Crippen LogP contribution in [0.25, 0.3) is 0 Å². The molecule has 0 fully saturated rings. The second-order valence-electron chi connectivity index (χ2n) is 8.91. The first kappa shape index (κ1) is 26.7. The fourth-order valence-corrected chi connectivity index (χ4v) is 4.00. The van der Waals surface area contributed by atoms with Gasteiger partial charge in [-0.15, -0.1) is 0 Å². The van der Waals surface area contributed by atoms with Gasteiger partial charge in [0.25, 0.3) is 0 Å². The highest BCUT2D eigenvalue weighted by molar-refractivity contribution is 5.75. The van der Waals surface area contributed by atoms with Crippen molar-refractivity contribution in [1.82, 2.24) is 0 Å². The molecule has 0 aromatic heterocycles. The van der Waals surface area contributed by atoms with Gasteiger partial charge >= 0.3 is 5.97 Å². The molecule has 0 radical (unpaired) electrons. The first-order valence-electron chi connectivity index (χ1n) is 12.6. The Morgan fingerprint density at radius 1 is 0.800 bits per heavy atom. The van der Waals surface area contributed by atoms with Crippen LogP contribution >= 0.6 is 0 Å². The molecule has 0 amide bonds. The third-order valence-electron chi connectivity index (χ3n) is 5.99. The standard InChI is InChI=1S/C27H47NO2/c1-3-5-7-9-11-14-20-25(21-15-12-10-8-6-4-2)23-30-27(29)26(28)22-24-18-16-13-17-19-24/h13,16-19,25-26H,3-12,14-15,20-23,28H2,1-2H3/t26-/m0/s1. The first-order chi connectivity index (χ1) is 14.7. The minimum Gasteiger partial charge on any atom is -0.464 e. The van der Waals surface area contributed by atoms with Crippen LogP contribution in [0.3, 0.4) is 0 Å². The van der Waals surface area contributed by atoms with Gasteiger partial charge < -0.3 is 10.5 Å². The number of unbranched alkanes of at least 4 members (excludes halogenated alkanes) is 10. The highest BCUT2D eigenvalue weighted by Crippen LogP contribution is 2.20. The minimum atomic E-state index is -0.573. The molecule has 0 bridgehead atoms. The molecule has 30 heavy (non-hydrogen) atoms. The van der Waals surface area contributed by atoms with Crippen molar-refractivity contribution < 1.29 is 9.53 Å². The second kappa shape index (κ2) is 18.4. The molecule has 3 nitrogen and oxygen atoms in total. The largest absolute Gasteiger partial charge is 0.464 e. The molecule has 0 aliphatic carbocycles. The number of rotatable bonds is 19. The molecule has 0 aliphatic heterocycles. The summed E-state index contributed by atoms with van der Waals surface area (Å²) in [7, 11) is 0. The van der Waals surface area contributed by atoms with E-state index in [1.807, 2.05) is 30.3 Å². The van der Waals surface area contributed by atoms with Crippen LogP contribution in [0, 0.1) is 5.92 Å². The van der Waals surface area contributed by atoms with Crippen molar-refractivity contribution in [2.45, 2.75) is 116 Å². The molecule has 0 heterocycles. The van der Waals surface area contributed by atoms with E-state index in [4.69, 9.17) is 10.5 Å². The Morgan fingerprint density at radius 3 is 1.83 bits per heavy atom. The summed E-state index contributed by atoms with van der Waals surface area (Å²) in [6.45, 7) is 5.05. The van der Waals surface area contributed by atoms with Crippen LogP contribution in [0.4, 0.5) is 0 Å². The number of nitrogens with two attached hydrogens (primary N) is 1. The normalized spacial score (nSPS) is 12.3. The van der Waals surface area contributed by atoms with Gasteiger partial charge in [-0.3, -0.25) is 4.79 Å². The van der Waals surface area contributed by atoms with E-state index >= 15 is 0 Å². The molecule has 2 N–H and O–H groups in total. The van der Waals surface area contributed by atoms with Crippen LogP contribution < -0.4 is 5.73 Å². The lowest BCUT2D eigenvalue weighted by Crippen LogP contribution is -2.35. The number of esters is 1. The first-order valence-corrected chi connectivity index (χ1v) is 12.6. The van der Waals surface area contributed by atoms with E-state index in [1.165, 1.54) is 89.9 Å². The number of carbonyl (C=O) groups is 1. The zero-order chi connectivity index (χ0) is 21.9.